The number of ketones is 1. The van der Waals surface area contributed by atoms with E-state index in [0.717, 1.165) is 31.6 Å². The van der Waals surface area contributed by atoms with Crippen LogP contribution in [0.25, 0.3) is 0 Å². The van der Waals surface area contributed by atoms with Gasteiger partial charge in [-0.1, -0.05) is 40.0 Å². The maximum Gasteiger partial charge on any atom is 0.158 e. The standard InChI is InChI=1S/C16H25NO/c1-4-12-6-5-7-13(10-12)16(11-17)9-8-15(2,3)14(16)18/h12-13H,4-10H2,1-3H3. The molecule has 0 radical (unpaired) electrons. The van der Waals surface area contributed by atoms with Gasteiger partial charge in [-0.3, -0.25) is 4.79 Å². The molecule has 2 heteroatoms. The first-order valence-electron chi connectivity index (χ1n) is 7.42. The van der Waals surface area contributed by atoms with Gasteiger partial charge in [0.05, 0.1) is 6.07 Å². The number of rotatable bonds is 2. The molecule has 0 bridgehead atoms. The summed E-state index contributed by atoms with van der Waals surface area (Å²) in [6.07, 6.45) is 7.50. The Balaban J connectivity index is 2.24. The molecule has 100 valence electrons. The third kappa shape index (κ3) is 1.98. The first-order valence-corrected chi connectivity index (χ1v) is 7.42. The van der Waals surface area contributed by atoms with Gasteiger partial charge in [0.1, 0.15) is 5.41 Å². The van der Waals surface area contributed by atoms with Crippen molar-refractivity contribution in [1.82, 2.24) is 0 Å². The van der Waals surface area contributed by atoms with Crippen LogP contribution < -0.4 is 0 Å². The maximum atomic E-state index is 12.7. The van der Waals surface area contributed by atoms with Crippen molar-refractivity contribution in [2.45, 2.75) is 65.7 Å². The molecule has 0 aromatic heterocycles. The Morgan fingerprint density at radius 2 is 2.06 bits per heavy atom. The van der Waals surface area contributed by atoms with Crippen molar-refractivity contribution in [3.05, 3.63) is 0 Å². The Hall–Kier alpha value is -0.840. The molecule has 0 aliphatic heterocycles. The summed E-state index contributed by atoms with van der Waals surface area (Å²) in [4.78, 5) is 12.7. The van der Waals surface area contributed by atoms with Crippen LogP contribution in [0.2, 0.25) is 0 Å². The molecule has 0 aromatic carbocycles. The van der Waals surface area contributed by atoms with Crippen molar-refractivity contribution in [2.24, 2.45) is 22.7 Å². The Labute approximate surface area is 111 Å². The van der Waals surface area contributed by atoms with E-state index in [1.54, 1.807) is 0 Å². The lowest BCUT2D eigenvalue weighted by molar-refractivity contribution is -0.133. The predicted octanol–water partition coefficient (Wildman–Crippen LogP) is 4.10. The van der Waals surface area contributed by atoms with Crippen LogP contribution in [-0.2, 0) is 4.79 Å². The van der Waals surface area contributed by atoms with E-state index in [2.05, 4.69) is 13.0 Å². The number of nitrogens with zero attached hydrogens (tertiary/aromatic N) is 1. The molecule has 3 atom stereocenters. The van der Waals surface area contributed by atoms with Crippen LogP contribution in [0.4, 0.5) is 0 Å². The zero-order valence-corrected chi connectivity index (χ0v) is 12.0. The van der Waals surface area contributed by atoms with Gasteiger partial charge in [-0.25, -0.2) is 0 Å². The first-order chi connectivity index (χ1) is 8.46. The number of carbonyl (C=O) groups is 1. The molecule has 0 heterocycles. The van der Waals surface area contributed by atoms with Gasteiger partial charge in [0.15, 0.2) is 5.78 Å². The molecule has 2 rings (SSSR count). The third-order valence-corrected chi connectivity index (χ3v) is 5.42. The fraction of sp³-hybridized carbons (Fsp3) is 0.875. The summed E-state index contributed by atoms with van der Waals surface area (Å²) in [6, 6.07) is 2.45. The first kappa shape index (κ1) is 13.6. The highest BCUT2D eigenvalue weighted by molar-refractivity contribution is 5.94. The predicted molar refractivity (Wildman–Crippen MR) is 71.8 cm³/mol. The molecule has 2 aliphatic carbocycles. The van der Waals surface area contributed by atoms with Gasteiger partial charge in [-0.15, -0.1) is 0 Å². The minimum Gasteiger partial charge on any atom is -0.297 e. The highest BCUT2D eigenvalue weighted by Gasteiger charge is 2.56. The molecular formula is C16H25NO. The summed E-state index contributed by atoms with van der Waals surface area (Å²) in [6.45, 7) is 6.25. The average Bonchev–Trinajstić information content (AvgIpc) is 2.62. The van der Waals surface area contributed by atoms with Crippen molar-refractivity contribution < 1.29 is 4.79 Å². The summed E-state index contributed by atoms with van der Waals surface area (Å²) >= 11 is 0. The topological polar surface area (TPSA) is 40.9 Å². The van der Waals surface area contributed by atoms with E-state index in [1.165, 1.54) is 19.3 Å². The Morgan fingerprint density at radius 1 is 1.33 bits per heavy atom. The van der Waals surface area contributed by atoms with E-state index in [9.17, 15) is 10.1 Å². The molecule has 2 saturated carbocycles. The van der Waals surface area contributed by atoms with Crippen LogP contribution >= 0.6 is 0 Å². The van der Waals surface area contributed by atoms with Crippen molar-refractivity contribution in [3.63, 3.8) is 0 Å². The highest BCUT2D eigenvalue weighted by Crippen LogP contribution is 2.54. The second kappa shape index (κ2) is 4.68. The fourth-order valence-corrected chi connectivity index (χ4v) is 4.04. The van der Waals surface area contributed by atoms with Crippen molar-refractivity contribution in [1.29, 1.82) is 5.26 Å². The molecule has 0 N–H and O–H groups in total. The van der Waals surface area contributed by atoms with Crippen molar-refractivity contribution in [3.8, 4) is 6.07 Å². The number of Topliss-reactive ketones (excluding diaryl/α,β-unsaturated/α-hetero) is 1. The fourth-order valence-electron chi connectivity index (χ4n) is 4.04. The van der Waals surface area contributed by atoms with E-state index in [1.807, 2.05) is 13.8 Å². The van der Waals surface area contributed by atoms with E-state index < -0.39 is 5.41 Å². The molecule has 0 saturated heterocycles. The number of carbonyl (C=O) groups excluding carboxylic acids is 1. The molecule has 2 nitrogen and oxygen atoms in total. The Morgan fingerprint density at radius 3 is 2.56 bits per heavy atom. The second-order valence-electron chi connectivity index (χ2n) is 6.93. The summed E-state index contributed by atoms with van der Waals surface area (Å²) in [5.41, 5.74) is -0.938. The van der Waals surface area contributed by atoms with E-state index in [-0.39, 0.29) is 11.2 Å². The van der Waals surface area contributed by atoms with Gasteiger partial charge in [-0.2, -0.15) is 5.26 Å². The number of hydrogen-bond acceptors (Lipinski definition) is 2. The Kier molecular flexibility index (Phi) is 3.54. The summed E-state index contributed by atoms with van der Waals surface area (Å²) in [5, 5.41) is 9.66. The van der Waals surface area contributed by atoms with Gasteiger partial charge in [0.25, 0.3) is 0 Å². The smallest absolute Gasteiger partial charge is 0.158 e. The normalized spacial score (nSPS) is 39.6. The largest absolute Gasteiger partial charge is 0.297 e. The van der Waals surface area contributed by atoms with Gasteiger partial charge < -0.3 is 0 Å². The van der Waals surface area contributed by atoms with E-state index in [0.29, 0.717) is 5.92 Å². The monoisotopic (exact) mass is 247 g/mol. The van der Waals surface area contributed by atoms with Crippen LogP contribution in [0.3, 0.4) is 0 Å². The van der Waals surface area contributed by atoms with Crippen molar-refractivity contribution >= 4 is 5.78 Å². The lowest BCUT2D eigenvalue weighted by Crippen LogP contribution is -2.40. The van der Waals surface area contributed by atoms with Crippen LogP contribution in [0.5, 0.6) is 0 Å². The number of hydrogen-bond donors (Lipinski definition) is 0. The molecule has 3 unspecified atom stereocenters. The van der Waals surface area contributed by atoms with Crippen molar-refractivity contribution in [2.75, 3.05) is 0 Å². The van der Waals surface area contributed by atoms with E-state index in [4.69, 9.17) is 0 Å². The third-order valence-electron chi connectivity index (χ3n) is 5.42. The summed E-state index contributed by atoms with van der Waals surface area (Å²) in [7, 11) is 0. The SMILES string of the molecule is CCC1CCCC(C2(C#N)CCC(C)(C)C2=O)C1. The van der Waals surface area contributed by atoms with Crippen LogP contribution in [0, 0.1) is 34.0 Å². The molecular weight excluding hydrogens is 222 g/mol. The van der Waals surface area contributed by atoms with Gasteiger partial charge in [0, 0.05) is 5.41 Å². The average molecular weight is 247 g/mol. The number of nitriles is 1. The lowest BCUT2D eigenvalue weighted by atomic mass is 9.64. The molecule has 0 amide bonds. The second-order valence-corrected chi connectivity index (χ2v) is 6.93. The molecule has 0 aromatic rings. The maximum absolute atomic E-state index is 12.7. The lowest BCUT2D eigenvalue weighted by Gasteiger charge is -2.37. The molecule has 2 aliphatic rings. The van der Waals surface area contributed by atoms with E-state index >= 15 is 0 Å². The minimum absolute atomic E-state index is 0.222. The highest BCUT2D eigenvalue weighted by atomic mass is 16.1. The summed E-state index contributed by atoms with van der Waals surface area (Å²) in [5.74, 6) is 1.26. The van der Waals surface area contributed by atoms with Gasteiger partial charge in [-0.05, 0) is 37.5 Å². The summed E-state index contributed by atoms with van der Waals surface area (Å²) < 4.78 is 0. The quantitative estimate of drug-likeness (QED) is 0.737. The molecule has 2 fully saturated rings. The Bertz CT molecular complexity index is 379. The zero-order valence-electron chi connectivity index (χ0n) is 12.0. The van der Waals surface area contributed by atoms with Crippen LogP contribution in [-0.4, -0.2) is 5.78 Å². The molecule has 18 heavy (non-hydrogen) atoms. The molecule has 0 spiro atoms. The van der Waals surface area contributed by atoms with Gasteiger partial charge >= 0.3 is 0 Å². The van der Waals surface area contributed by atoms with Crippen LogP contribution in [0.15, 0.2) is 0 Å². The van der Waals surface area contributed by atoms with Crippen LogP contribution in [0.1, 0.15) is 65.7 Å². The zero-order chi connectivity index (χ0) is 13.4. The van der Waals surface area contributed by atoms with Gasteiger partial charge in [0.2, 0.25) is 0 Å². The minimum atomic E-state index is -0.655.